The van der Waals surface area contributed by atoms with Gasteiger partial charge in [0.25, 0.3) is 0 Å². The van der Waals surface area contributed by atoms with Crippen molar-refractivity contribution >= 4 is 17.6 Å². The van der Waals surface area contributed by atoms with Crippen molar-refractivity contribution < 1.29 is 19.0 Å². The number of carboxylic acids is 1. The Hall–Kier alpha value is -2.14. The van der Waals surface area contributed by atoms with Crippen LogP contribution in [0.4, 0.5) is 4.39 Å². The Bertz CT molecular complexity index is 604. The van der Waals surface area contributed by atoms with Crippen molar-refractivity contribution in [2.24, 2.45) is 0 Å². The molecule has 0 radical (unpaired) electrons. The zero-order valence-corrected chi connectivity index (χ0v) is 9.69. The van der Waals surface area contributed by atoms with Gasteiger partial charge in [-0.15, -0.1) is 0 Å². The SMILES string of the molecule is O=C(O)c1ccncc1Oc1ccc(Cl)c(F)c1. The largest absolute Gasteiger partial charge is 0.478 e. The molecule has 1 aromatic heterocycles. The molecule has 0 unspecified atom stereocenters. The van der Waals surface area contributed by atoms with E-state index < -0.39 is 11.8 Å². The predicted octanol–water partition coefficient (Wildman–Crippen LogP) is 3.36. The first-order valence-electron chi connectivity index (χ1n) is 4.88. The lowest BCUT2D eigenvalue weighted by Crippen LogP contribution is -2.00. The molecule has 0 aliphatic heterocycles. The quantitative estimate of drug-likeness (QED) is 0.926. The Morgan fingerprint density at radius 3 is 2.83 bits per heavy atom. The molecule has 1 heterocycles. The average molecular weight is 268 g/mol. The molecular formula is C12H7ClFNO3. The molecule has 2 aromatic rings. The van der Waals surface area contributed by atoms with E-state index >= 15 is 0 Å². The van der Waals surface area contributed by atoms with E-state index in [1.165, 1.54) is 30.6 Å². The molecule has 0 aliphatic carbocycles. The highest BCUT2D eigenvalue weighted by atomic mass is 35.5. The first-order valence-corrected chi connectivity index (χ1v) is 5.26. The maximum absolute atomic E-state index is 13.2. The monoisotopic (exact) mass is 267 g/mol. The molecular weight excluding hydrogens is 261 g/mol. The van der Waals surface area contributed by atoms with E-state index in [-0.39, 0.29) is 22.1 Å². The second kappa shape index (κ2) is 5.01. The standard InChI is InChI=1S/C12H7ClFNO3/c13-9-2-1-7(5-10(9)14)18-11-6-15-4-3-8(11)12(16)17/h1-6H,(H,16,17). The van der Waals surface area contributed by atoms with E-state index in [2.05, 4.69) is 4.98 Å². The smallest absolute Gasteiger partial charge is 0.339 e. The van der Waals surface area contributed by atoms with Crippen molar-refractivity contribution in [3.05, 3.63) is 53.1 Å². The van der Waals surface area contributed by atoms with E-state index in [1.54, 1.807) is 0 Å². The molecule has 0 bridgehead atoms. The van der Waals surface area contributed by atoms with Gasteiger partial charge in [-0.3, -0.25) is 4.98 Å². The summed E-state index contributed by atoms with van der Waals surface area (Å²) in [5, 5.41) is 8.90. The fraction of sp³-hybridized carbons (Fsp3) is 0. The molecule has 6 heteroatoms. The summed E-state index contributed by atoms with van der Waals surface area (Å²) >= 11 is 5.53. The van der Waals surface area contributed by atoms with Gasteiger partial charge in [0.05, 0.1) is 11.2 Å². The fourth-order valence-corrected chi connectivity index (χ4v) is 1.42. The van der Waals surface area contributed by atoms with Gasteiger partial charge in [-0.25, -0.2) is 9.18 Å². The molecule has 92 valence electrons. The first kappa shape index (κ1) is 12.3. The Morgan fingerprint density at radius 1 is 1.39 bits per heavy atom. The van der Waals surface area contributed by atoms with Crippen molar-refractivity contribution in [3.63, 3.8) is 0 Å². The summed E-state index contributed by atoms with van der Waals surface area (Å²) in [6.07, 6.45) is 2.58. The van der Waals surface area contributed by atoms with Crippen molar-refractivity contribution in [1.82, 2.24) is 4.98 Å². The van der Waals surface area contributed by atoms with Crippen LogP contribution in [0, 0.1) is 5.82 Å². The van der Waals surface area contributed by atoms with Crippen molar-refractivity contribution in [3.8, 4) is 11.5 Å². The maximum Gasteiger partial charge on any atom is 0.339 e. The molecule has 2 rings (SSSR count). The van der Waals surface area contributed by atoms with Gasteiger partial charge in [0.2, 0.25) is 0 Å². The highest BCUT2D eigenvalue weighted by molar-refractivity contribution is 6.30. The minimum absolute atomic E-state index is 0.0340. The van der Waals surface area contributed by atoms with Crippen LogP contribution in [0.5, 0.6) is 11.5 Å². The van der Waals surface area contributed by atoms with Gasteiger partial charge in [-0.05, 0) is 18.2 Å². The number of halogens is 2. The number of benzene rings is 1. The van der Waals surface area contributed by atoms with Crippen molar-refractivity contribution in [2.45, 2.75) is 0 Å². The van der Waals surface area contributed by atoms with Crippen LogP contribution in [0.2, 0.25) is 5.02 Å². The summed E-state index contributed by atoms with van der Waals surface area (Å²) in [5.41, 5.74) is -0.0552. The Labute approximate surface area is 107 Å². The molecule has 1 aromatic carbocycles. The number of hydrogen-bond donors (Lipinski definition) is 1. The lowest BCUT2D eigenvalue weighted by Gasteiger charge is -2.08. The van der Waals surface area contributed by atoms with Gasteiger partial charge in [0.1, 0.15) is 17.1 Å². The summed E-state index contributed by atoms with van der Waals surface area (Å²) in [6, 6.07) is 5.12. The van der Waals surface area contributed by atoms with E-state index in [0.717, 1.165) is 6.07 Å². The molecule has 0 atom stereocenters. The van der Waals surface area contributed by atoms with Gasteiger partial charge in [-0.1, -0.05) is 11.6 Å². The minimum atomic E-state index is -1.15. The van der Waals surface area contributed by atoms with Gasteiger partial charge >= 0.3 is 5.97 Å². The van der Waals surface area contributed by atoms with Gasteiger partial charge in [0, 0.05) is 12.3 Å². The molecule has 1 N–H and O–H groups in total. The summed E-state index contributed by atoms with van der Waals surface area (Å²) in [7, 11) is 0. The highest BCUT2D eigenvalue weighted by Gasteiger charge is 2.12. The highest BCUT2D eigenvalue weighted by Crippen LogP contribution is 2.27. The third-order valence-electron chi connectivity index (χ3n) is 2.13. The summed E-state index contributed by atoms with van der Waals surface area (Å²) in [4.78, 5) is 14.7. The van der Waals surface area contributed by atoms with Crippen LogP contribution in [0.15, 0.2) is 36.7 Å². The lowest BCUT2D eigenvalue weighted by atomic mass is 10.2. The van der Waals surface area contributed by atoms with Crippen LogP contribution in [0.25, 0.3) is 0 Å². The number of aromatic carboxylic acids is 1. The van der Waals surface area contributed by atoms with Crippen LogP contribution in [0.3, 0.4) is 0 Å². The number of ether oxygens (including phenoxy) is 1. The third kappa shape index (κ3) is 2.57. The maximum atomic E-state index is 13.2. The normalized spacial score (nSPS) is 10.1. The fourth-order valence-electron chi connectivity index (χ4n) is 1.31. The van der Waals surface area contributed by atoms with Gasteiger partial charge in [0.15, 0.2) is 5.75 Å². The number of carbonyl (C=O) groups is 1. The molecule has 0 amide bonds. The number of aromatic nitrogens is 1. The number of carboxylic acid groups (broad SMARTS) is 1. The second-order valence-corrected chi connectivity index (χ2v) is 3.76. The zero-order chi connectivity index (χ0) is 13.1. The van der Waals surface area contributed by atoms with Crippen LogP contribution < -0.4 is 4.74 Å². The Morgan fingerprint density at radius 2 is 2.17 bits per heavy atom. The molecule has 0 saturated carbocycles. The minimum Gasteiger partial charge on any atom is -0.478 e. The molecule has 0 saturated heterocycles. The number of rotatable bonds is 3. The van der Waals surface area contributed by atoms with Crippen LogP contribution in [-0.4, -0.2) is 16.1 Å². The summed E-state index contributed by atoms with van der Waals surface area (Å²) in [5.74, 6) is -1.61. The molecule has 18 heavy (non-hydrogen) atoms. The van der Waals surface area contributed by atoms with Crippen LogP contribution in [-0.2, 0) is 0 Å². The molecule has 4 nitrogen and oxygen atoms in total. The topological polar surface area (TPSA) is 59.4 Å². The summed E-state index contributed by atoms with van der Waals surface area (Å²) < 4.78 is 18.5. The molecule has 0 fully saturated rings. The zero-order valence-electron chi connectivity index (χ0n) is 8.93. The second-order valence-electron chi connectivity index (χ2n) is 3.35. The number of pyridine rings is 1. The third-order valence-corrected chi connectivity index (χ3v) is 2.44. The Balaban J connectivity index is 2.34. The first-order chi connectivity index (χ1) is 8.58. The van der Waals surface area contributed by atoms with E-state index in [4.69, 9.17) is 21.4 Å². The van der Waals surface area contributed by atoms with Gasteiger partial charge in [-0.2, -0.15) is 0 Å². The van der Waals surface area contributed by atoms with E-state index in [1.807, 2.05) is 0 Å². The van der Waals surface area contributed by atoms with Gasteiger partial charge < -0.3 is 9.84 Å². The Kier molecular flexibility index (Phi) is 3.43. The summed E-state index contributed by atoms with van der Waals surface area (Å²) in [6.45, 7) is 0. The average Bonchev–Trinajstić information content (AvgIpc) is 2.34. The van der Waals surface area contributed by atoms with E-state index in [9.17, 15) is 9.18 Å². The van der Waals surface area contributed by atoms with Crippen LogP contribution in [0.1, 0.15) is 10.4 Å². The molecule has 0 spiro atoms. The molecule has 0 aliphatic rings. The number of hydrogen-bond acceptors (Lipinski definition) is 3. The predicted molar refractivity (Wildman–Crippen MR) is 62.7 cm³/mol. The van der Waals surface area contributed by atoms with Crippen molar-refractivity contribution in [1.29, 1.82) is 0 Å². The lowest BCUT2D eigenvalue weighted by molar-refractivity contribution is 0.0694. The van der Waals surface area contributed by atoms with Crippen LogP contribution >= 0.6 is 11.6 Å². The van der Waals surface area contributed by atoms with Crippen molar-refractivity contribution in [2.75, 3.05) is 0 Å². The number of nitrogens with zero attached hydrogens (tertiary/aromatic N) is 1. The van der Waals surface area contributed by atoms with E-state index in [0.29, 0.717) is 0 Å².